The van der Waals surface area contributed by atoms with Crippen LogP contribution in [0.5, 0.6) is 11.5 Å². The van der Waals surface area contributed by atoms with E-state index in [4.69, 9.17) is 14.6 Å². The van der Waals surface area contributed by atoms with Crippen molar-refractivity contribution in [2.75, 3.05) is 13.2 Å². The van der Waals surface area contributed by atoms with Crippen LogP contribution in [0.1, 0.15) is 13.3 Å². The molecule has 0 fully saturated rings. The number of fused-ring (bicyclic) bond motifs is 1. The predicted octanol–water partition coefficient (Wildman–Crippen LogP) is 1.43. The summed E-state index contributed by atoms with van der Waals surface area (Å²) >= 11 is 0. The molecule has 1 aliphatic heterocycles. The molecular formula is C12H14O5S. The van der Waals surface area contributed by atoms with Gasteiger partial charge in [-0.3, -0.25) is 9.00 Å². The fourth-order valence-electron chi connectivity index (χ4n) is 1.56. The molecule has 0 radical (unpaired) electrons. The third kappa shape index (κ3) is 2.64. The molecule has 1 aromatic carbocycles. The minimum atomic E-state index is -1.60. The van der Waals surface area contributed by atoms with Gasteiger partial charge < -0.3 is 14.6 Å². The largest absolute Gasteiger partial charge is 0.490 e. The number of ether oxygens (including phenoxy) is 2. The number of rotatable bonds is 3. The fourth-order valence-corrected chi connectivity index (χ4v) is 2.58. The van der Waals surface area contributed by atoms with Crippen LogP contribution in [0.4, 0.5) is 0 Å². The quantitative estimate of drug-likeness (QED) is 0.899. The molecule has 0 aromatic heterocycles. The van der Waals surface area contributed by atoms with E-state index in [1.807, 2.05) is 0 Å². The van der Waals surface area contributed by atoms with Crippen molar-refractivity contribution in [3.8, 4) is 11.5 Å². The molecule has 2 atom stereocenters. The molecule has 2 unspecified atom stereocenters. The van der Waals surface area contributed by atoms with E-state index in [1.54, 1.807) is 18.2 Å². The lowest BCUT2D eigenvalue weighted by atomic mass is 10.3. The van der Waals surface area contributed by atoms with Crippen LogP contribution in [0, 0.1) is 0 Å². The van der Waals surface area contributed by atoms with Crippen LogP contribution in [0.3, 0.4) is 0 Å². The molecule has 98 valence electrons. The second kappa shape index (κ2) is 5.39. The molecule has 0 amide bonds. The Hall–Kier alpha value is -1.56. The zero-order valence-electron chi connectivity index (χ0n) is 9.92. The third-order valence-electron chi connectivity index (χ3n) is 2.62. The summed E-state index contributed by atoms with van der Waals surface area (Å²) < 4.78 is 22.9. The number of carbonyl (C=O) groups is 1. The van der Waals surface area contributed by atoms with E-state index < -0.39 is 22.0 Å². The van der Waals surface area contributed by atoms with Gasteiger partial charge in [-0.25, -0.2) is 0 Å². The zero-order chi connectivity index (χ0) is 13.1. The van der Waals surface area contributed by atoms with Crippen LogP contribution in [0.25, 0.3) is 0 Å². The summed E-state index contributed by atoms with van der Waals surface area (Å²) in [7, 11) is -1.60. The topological polar surface area (TPSA) is 72.8 Å². The first kappa shape index (κ1) is 12.9. The number of benzene rings is 1. The maximum Gasteiger partial charge on any atom is 0.319 e. The van der Waals surface area contributed by atoms with E-state index in [1.165, 1.54) is 6.92 Å². The predicted molar refractivity (Wildman–Crippen MR) is 65.6 cm³/mol. The highest BCUT2D eigenvalue weighted by atomic mass is 32.2. The molecule has 6 heteroatoms. The highest BCUT2D eigenvalue weighted by molar-refractivity contribution is 7.86. The Morgan fingerprint density at radius 2 is 2.00 bits per heavy atom. The fraction of sp³-hybridized carbons (Fsp3) is 0.417. The first-order valence-corrected chi connectivity index (χ1v) is 6.84. The van der Waals surface area contributed by atoms with Gasteiger partial charge in [0.05, 0.1) is 24.0 Å². The van der Waals surface area contributed by atoms with E-state index in [2.05, 4.69) is 0 Å². The van der Waals surface area contributed by atoms with E-state index in [-0.39, 0.29) is 0 Å². The Morgan fingerprint density at radius 3 is 2.67 bits per heavy atom. The smallest absolute Gasteiger partial charge is 0.319 e. The lowest BCUT2D eigenvalue weighted by molar-refractivity contribution is -0.136. The summed E-state index contributed by atoms with van der Waals surface area (Å²) in [6, 6.07) is 4.88. The molecule has 1 heterocycles. The monoisotopic (exact) mass is 270 g/mol. The molecule has 1 N–H and O–H groups in total. The molecule has 0 bridgehead atoms. The Kier molecular flexibility index (Phi) is 3.86. The number of hydrogen-bond donors (Lipinski definition) is 1. The van der Waals surface area contributed by atoms with Gasteiger partial charge >= 0.3 is 5.97 Å². The molecule has 0 saturated heterocycles. The van der Waals surface area contributed by atoms with Crippen LogP contribution in [-0.4, -0.2) is 33.7 Å². The number of carboxylic acids is 1. The second-order valence-electron chi connectivity index (χ2n) is 3.94. The molecule has 0 spiro atoms. The van der Waals surface area contributed by atoms with Gasteiger partial charge in [0.25, 0.3) is 0 Å². The number of carboxylic acid groups (broad SMARTS) is 1. The summed E-state index contributed by atoms with van der Waals surface area (Å²) in [4.78, 5) is 11.2. The number of aliphatic carboxylic acids is 1. The Balaban J connectivity index is 2.28. The van der Waals surface area contributed by atoms with Crippen molar-refractivity contribution in [2.45, 2.75) is 23.5 Å². The van der Waals surface area contributed by atoms with Gasteiger partial charge in [-0.2, -0.15) is 0 Å². The van der Waals surface area contributed by atoms with E-state index in [9.17, 15) is 9.00 Å². The third-order valence-corrected chi connectivity index (χ3v) is 4.18. The van der Waals surface area contributed by atoms with E-state index in [0.717, 1.165) is 6.42 Å². The first-order chi connectivity index (χ1) is 8.59. The minimum absolute atomic E-state index is 0.439. The van der Waals surface area contributed by atoms with Crippen LogP contribution in [0.15, 0.2) is 23.1 Å². The highest BCUT2D eigenvalue weighted by Gasteiger charge is 2.22. The highest BCUT2D eigenvalue weighted by Crippen LogP contribution is 2.31. The number of hydrogen-bond acceptors (Lipinski definition) is 4. The molecule has 2 rings (SSSR count). The average molecular weight is 270 g/mol. The van der Waals surface area contributed by atoms with Crippen LogP contribution < -0.4 is 9.47 Å². The molecule has 0 aliphatic carbocycles. The molecule has 18 heavy (non-hydrogen) atoms. The molecular weight excluding hydrogens is 256 g/mol. The average Bonchev–Trinajstić information content (AvgIpc) is 2.60. The Bertz CT molecular complexity index is 485. The normalized spacial score (nSPS) is 17.6. The van der Waals surface area contributed by atoms with Gasteiger partial charge in [-0.1, -0.05) is 0 Å². The van der Waals surface area contributed by atoms with Crippen molar-refractivity contribution in [1.82, 2.24) is 0 Å². The van der Waals surface area contributed by atoms with Gasteiger partial charge in [0.1, 0.15) is 5.25 Å². The van der Waals surface area contributed by atoms with Gasteiger partial charge in [-0.05, 0) is 19.1 Å². The molecule has 0 saturated carbocycles. The van der Waals surface area contributed by atoms with Crippen LogP contribution in [0.2, 0.25) is 0 Å². The Labute approximate surface area is 107 Å². The maximum absolute atomic E-state index is 12.0. The SMILES string of the molecule is CC(C(=O)O)S(=O)c1ccc2c(c1)OCCCO2. The lowest BCUT2D eigenvalue weighted by Crippen LogP contribution is -2.21. The minimum Gasteiger partial charge on any atom is -0.490 e. The van der Waals surface area contributed by atoms with Crippen molar-refractivity contribution in [3.63, 3.8) is 0 Å². The lowest BCUT2D eigenvalue weighted by Gasteiger charge is -2.10. The van der Waals surface area contributed by atoms with Crippen molar-refractivity contribution >= 4 is 16.8 Å². The van der Waals surface area contributed by atoms with Crippen molar-refractivity contribution in [2.24, 2.45) is 0 Å². The van der Waals surface area contributed by atoms with E-state index in [0.29, 0.717) is 29.6 Å². The maximum atomic E-state index is 12.0. The van der Waals surface area contributed by atoms with Gasteiger partial charge in [0.2, 0.25) is 0 Å². The summed E-state index contributed by atoms with van der Waals surface area (Å²) in [5.74, 6) is 0.0487. The molecule has 5 nitrogen and oxygen atoms in total. The summed E-state index contributed by atoms with van der Waals surface area (Å²) in [6.07, 6.45) is 0.790. The van der Waals surface area contributed by atoms with Gasteiger partial charge in [0, 0.05) is 17.4 Å². The summed E-state index contributed by atoms with van der Waals surface area (Å²) in [6.45, 7) is 2.54. The van der Waals surface area contributed by atoms with E-state index >= 15 is 0 Å². The standard InChI is InChI=1S/C12H14O5S/c1-8(12(13)14)18(15)9-3-4-10-11(7-9)17-6-2-5-16-10/h3-4,7-8H,2,5-6H2,1H3,(H,13,14). The van der Waals surface area contributed by atoms with Crippen molar-refractivity contribution < 1.29 is 23.6 Å². The van der Waals surface area contributed by atoms with Crippen molar-refractivity contribution in [1.29, 1.82) is 0 Å². The van der Waals surface area contributed by atoms with Crippen LogP contribution in [-0.2, 0) is 15.6 Å². The molecule has 1 aliphatic rings. The summed E-state index contributed by atoms with van der Waals surface area (Å²) in [5, 5.41) is 7.90. The first-order valence-electron chi connectivity index (χ1n) is 5.62. The Morgan fingerprint density at radius 1 is 1.33 bits per heavy atom. The van der Waals surface area contributed by atoms with Crippen LogP contribution >= 0.6 is 0 Å². The second-order valence-corrected chi connectivity index (χ2v) is 5.71. The molecule has 1 aromatic rings. The van der Waals surface area contributed by atoms with Gasteiger partial charge in [0.15, 0.2) is 11.5 Å². The zero-order valence-corrected chi connectivity index (χ0v) is 10.7. The van der Waals surface area contributed by atoms with Crippen molar-refractivity contribution in [3.05, 3.63) is 18.2 Å². The van der Waals surface area contributed by atoms with Gasteiger partial charge in [-0.15, -0.1) is 0 Å². The summed E-state index contributed by atoms with van der Waals surface area (Å²) in [5.41, 5.74) is 0.